The smallest absolute Gasteiger partial charge is 0.0278 e. The lowest BCUT2D eigenvalue weighted by Gasteiger charge is -2.21. The number of pyridine rings is 1. The summed E-state index contributed by atoms with van der Waals surface area (Å²) in [6.07, 6.45) is 10.9. The number of hydrogen-bond acceptors (Lipinski definition) is 3. The average Bonchev–Trinajstić information content (AvgIpc) is 2.41. The molecule has 1 N–H and O–H groups in total. The van der Waals surface area contributed by atoms with Gasteiger partial charge in [0.05, 0.1) is 0 Å². The molecule has 0 aromatic carbocycles. The van der Waals surface area contributed by atoms with Gasteiger partial charge in [0.25, 0.3) is 0 Å². The predicted octanol–water partition coefficient (Wildman–Crippen LogP) is 3.34. The van der Waals surface area contributed by atoms with Crippen LogP contribution in [0.25, 0.3) is 0 Å². The summed E-state index contributed by atoms with van der Waals surface area (Å²) in [5, 5.41) is 3.59. The Labute approximate surface area is 109 Å². The van der Waals surface area contributed by atoms with Crippen LogP contribution in [-0.4, -0.2) is 23.8 Å². The summed E-state index contributed by atoms with van der Waals surface area (Å²) in [6, 6.07) is 4.15. The SMILES string of the molecule is c1cc(SCCNCC2CCCCC2)ccn1. The number of nitrogens with zero attached hydrogens (tertiary/aromatic N) is 1. The summed E-state index contributed by atoms with van der Waals surface area (Å²) in [4.78, 5) is 5.34. The first kappa shape index (κ1) is 12.9. The van der Waals surface area contributed by atoms with Crippen molar-refractivity contribution >= 4 is 11.8 Å². The lowest BCUT2D eigenvalue weighted by Crippen LogP contribution is -2.26. The summed E-state index contributed by atoms with van der Waals surface area (Å²) in [7, 11) is 0. The topological polar surface area (TPSA) is 24.9 Å². The van der Waals surface area contributed by atoms with Crippen LogP contribution < -0.4 is 5.32 Å². The van der Waals surface area contributed by atoms with Crippen LogP contribution in [-0.2, 0) is 0 Å². The molecule has 3 heteroatoms. The highest BCUT2D eigenvalue weighted by Gasteiger charge is 2.12. The first-order valence-electron chi connectivity index (χ1n) is 6.69. The first-order valence-corrected chi connectivity index (χ1v) is 7.67. The fourth-order valence-electron chi connectivity index (χ4n) is 2.37. The van der Waals surface area contributed by atoms with Gasteiger partial charge in [-0.25, -0.2) is 0 Å². The minimum Gasteiger partial charge on any atom is -0.316 e. The Bertz CT molecular complexity index is 296. The van der Waals surface area contributed by atoms with Crippen molar-refractivity contribution in [2.45, 2.75) is 37.0 Å². The van der Waals surface area contributed by atoms with Crippen LogP contribution >= 0.6 is 11.8 Å². The summed E-state index contributed by atoms with van der Waals surface area (Å²) in [5.41, 5.74) is 0. The van der Waals surface area contributed by atoms with Gasteiger partial charge in [-0.15, -0.1) is 11.8 Å². The van der Waals surface area contributed by atoms with Crippen molar-refractivity contribution in [3.63, 3.8) is 0 Å². The summed E-state index contributed by atoms with van der Waals surface area (Å²) < 4.78 is 0. The Morgan fingerprint density at radius 1 is 1.18 bits per heavy atom. The second-order valence-electron chi connectivity index (χ2n) is 4.74. The molecule has 0 unspecified atom stereocenters. The number of thioether (sulfide) groups is 1. The maximum Gasteiger partial charge on any atom is 0.0278 e. The van der Waals surface area contributed by atoms with Crippen LogP contribution in [0.4, 0.5) is 0 Å². The summed E-state index contributed by atoms with van der Waals surface area (Å²) in [5.74, 6) is 2.09. The molecule has 1 aromatic rings. The Hall–Kier alpha value is -0.540. The molecule has 94 valence electrons. The van der Waals surface area contributed by atoms with E-state index in [0.29, 0.717) is 0 Å². The molecule has 1 saturated carbocycles. The largest absolute Gasteiger partial charge is 0.316 e. The maximum atomic E-state index is 4.02. The number of rotatable bonds is 6. The number of nitrogens with one attached hydrogen (secondary N) is 1. The molecule has 2 nitrogen and oxygen atoms in total. The van der Waals surface area contributed by atoms with Crippen molar-refractivity contribution in [1.29, 1.82) is 0 Å². The number of aromatic nitrogens is 1. The van der Waals surface area contributed by atoms with Crippen molar-refractivity contribution in [2.75, 3.05) is 18.8 Å². The van der Waals surface area contributed by atoms with E-state index in [4.69, 9.17) is 0 Å². The van der Waals surface area contributed by atoms with Gasteiger partial charge in [-0.3, -0.25) is 4.98 Å². The van der Waals surface area contributed by atoms with Crippen molar-refractivity contribution in [3.8, 4) is 0 Å². The van der Waals surface area contributed by atoms with Crippen molar-refractivity contribution < 1.29 is 0 Å². The van der Waals surface area contributed by atoms with E-state index in [0.717, 1.165) is 18.2 Å². The molecule has 1 aromatic heterocycles. The van der Waals surface area contributed by atoms with Crippen LogP contribution in [0.3, 0.4) is 0 Å². The van der Waals surface area contributed by atoms with Gasteiger partial charge in [0, 0.05) is 29.6 Å². The monoisotopic (exact) mass is 250 g/mol. The number of hydrogen-bond donors (Lipinski definition) is 1. The molecule has 0 bridgehead atoms. The van der Waals surface area contributed by atoms with Gasteiger partial charge < -0.3 is 5.32 Å². The van der Waals surface area contributed by atoms with Crippen LogP contribution in [0.5, 0.6) is 0 Å². The van der Waals surface area contributed by atoms with Gasteiger partial charge in [-0.1, -0.05) is 19.3 Å². The van der Waals surface area contributed by atoms with E-state index in [1.54, 1.807) is 0 Å². The zero-order valence-electron chi connectivity index (χ0n) is 10.4. The molecule has 0 aliphatic heterocycles. The predicted molar refractivity (Wildman–Crippen MR) is 74.4 cm³/mol. The summed E-state index contributed by atoms with van der Waals surface area (Å²) in [6.45, 7) is 2.33. The second-order valence-corrected chi connectivity index (χ2v) is 5.91. The van der Waals surface area contributed by atoms with E-state index >= 15 is 0 Å². The Balaban J connectivity index is 1.51. The fraction of sp³-hybridized carbons (Fsp3) is 0.643. The highest BCUT2D eigenvalue weighted by atomic mass is 32.2. The van der Waals surface area contributed by atoms with Crippen molar-refractivity contribution in [2.24, 2.45) is 5.92 Å². The third-order valence-electron chi connectivity index (χ3n) is 3.36. The lowest BCUT2D eigenvalue weighted by molar-refractivity contribution is 0.345. The molecule has 2 rings (SSSR count). The van der Waals surface area contributed by atoms with Gasteiger partial charge in [-0.2, -0.15) is 0 Å². The third kappa shape index (κ3) is 5.09. The minimum absolute atomic E-state index is 0.940. The van der Waals surface area contributed by atoms with Crippen LogP contribution in [0.2, 0.25) is 0 Å². The van der Waals surface area contributed by atoms with E-state index < -0.39 is 0 Å². The zero-order chi connectivity index (χ0) is 11.8. The molecule has 17 heavy (non-hydrogen) atoms. The molecule has 1 fully saturated rings. The van der Waals surface area contributed by atoms with E-state index in [2.05, 4.69) is 22.4 Å². The van der Waals surface area contributed by atoms with Gasteiger partial charge in [0.15, 0.2) is 0 Å². The molecule has 0 amide bonds. The first-order chi connectivity index (χ1) is 8.45. The molecule has 0 saturated heterocycles. The van der Waals surface area contributed by atoms with E-state index in [-0.39, 0.29) is 0 Å². The summed E-state index contributed by atoms with van der Waals surface area (Å²) >= 11 is 1.90. The Morgan fingerprint density at radius 3 is 2.71 bits per heavy atom. The normalized spacial score (nSPS) is 17.2. The van der Waals surface area contributed by atoms with E-state index in [1.807, 2.05) is 24.2 Å². The molecule has 0 radical (unpaired) electrons. The molecule has 0 atom stereocenters. The Kier molecular flexibility index (Phi) is 5.86. The highest BCUT2D eigenvalue weighted by molar-refractivity contribution is 7.99. The van der Waals surface area contributed by atoms with Gasteiger partial charge in [0.1, 0.15) is 0 Å². The second kappa shape index (κ2) is 7.72. The van der Waals surface area contributed by atoms with E-state index in [9.17, 15) is 0 Å². The van der Waals surface area contributed by atoms with Crippen molar-refractivity contribution in [3.05, 3.63) is 24.5 Å². The van der Waals surface area contributed by atoms with Gasteiger partial charge in [0.2, 0.25) is 0 Å². The molecular weight excluding hydrogens is 228 g/mol. The molecule has 0 spiro atoms. The van der Waals surface area contributed by atoms with Crippen LogP contribution in [0, 0.1) is 5.92 Å². The quantitative estimate of drug-likeness (QED) is 0.619. The fourth-order valence-corrected chi connectivity index (χ4v) is 3.17. The minimum atomic E-state index is 0.940. The van der Waals surface area contributed by atoms with Gasteiger partial charge >= 0.3 is 0 Å². The Morgan fingerprint density at radius 2 is 1.94 bits per heavy atom. The average molecular weight is 250 g/mol. The molecular formula is C14H22N2S. The van der Waals surface area contributed by atoms with Crippen LogP contribution in [0.15, 0.2) is 29.4 Å². The lowest BCUT2D eigenvalue weighted by atomic mass is 9.89. The maximum absolute atomic E-state index is 4.02. The third-order valence-corrected chi connectivity index (χ3v) is 4.37. The molecule has 1 heterocycles. The van der Waals surface area contributed by atoms with Crippen molar-refractivity contribution in [1.82, 2.24) is 10.3 Å². The van der Waals surface area contributed by atoms with Gasteiger partial charge in [-0.05, 0) is 37.4 Å². The molecule has 1 aliphatic carbocycles. The molecule has 1 aliphatic rings. The van der Waals surface area contributed by atoms with Crippen LogP contribution in [0.1, 0.15) is 32.1 Å². The zero-order valence-corrected chi connectivity index (χ0v) is 11.2. The van der Waals surface area contributed by atoms with E-state index in [1.165, 1.54) is 43.5 Å². The standard InChI is InChI=1S/C14H22N2S/c1-2-4-13(5-3-1)12-16-10-11-17-14-6-8-15-9-7-14/h6-9,13,16H,1-5,10-12H2. The highest BCUT2D eigenvalue weighted by Crippen LogP contribution is 2.22.